The van der Waals surface area contributed by atoms with Crippen LogP contribution in [0.3, 0.4) is 0 Å². The molecule has 0 bridgehead atoms. The van der Waals surface area contributed by atoms with E-state index in [9.17, 15) is 5.11 Å². The van der Waals surface area contributed by atoms with Gasteiger partial charge in [-0.1, -0.05) is 0 Å². The monoisotopic (exact) mass is 252 g/mol. The first kappa shape index (κ1) is 13.3. The third kappa shape index (κ3) is 3.19. The highest BCUT2D eigenvalue weighted by Gasteiger charge is 2.26. The van der Waals surface area contributed by atoms with Crippen LogP contribution in [0.15, 0.2) is 18.5 Å². The van der Waals surface area contributed by atoms with E-state index in [4.69, 9.17) is 9.47 Å². The second kappa shape index (κ2) is 6.13. The molecule has 0 saturated carbocycles. The molecule has 0 aliphatic carbocycles. The molecular weight excluding hydrogens is 232 g/mol. The van der Waals surface area contributed by atoms with Crippen LogP contribution in [0.25, 0.3) is 0 Å². The first-order chi connectivity index (χ1) is 8.70. The van der Waals surface area contributed by atoms with Gasteiger partial charge in [0.25, 0.3) is 0 Å². The molecular formula is C13H20N2O3. The van der Waals surface area contributed by atoms with Crippen molar-refractivity contribution in [3.8, 4) is 5.75 Å². The predicted octanol–water partition coefficient (Wildman–Crippen LogP) is 0.844. The number of nitrogens with zero attached hydrogens (tertiary/aromatic N) is 2. The number of morpholine rings is 1. The van der Waals surface area contributed by atoms with Crippen LogP contribution >= 0.6 is 0 Å². The molecule has 1 aliphatic rings. The van der Waals surface area contributed by atoms with Crippen molar-refractivity contribution in [2.45, 2.75) is 19.1 Å². The van der Waals surface area contributed by atoms with Gasteiger partial charge in [0.15, 0.2) is 0 Å². The molecule has 5 heteroatoms. The Morgan fingerprint density at radius 3 is 3.17 bits per heavy atom. The molecule has 2 rings (SSSR count). The molecule has 2 heterocycles. The Balaban J connectivity index is 2.07. The fourth-order valence-electron chi connectivity index (χ4n) is 2.06. The first-order valence-corrected chi connectivity index (χ1v) is 6.26. The largest absolute Gasteiger partial charge is 0.492 e. The van der Waals surface area contributed by atoms with E-state index in [0.717, 1.165) is 18.7 Å². The highest BCUT2D eigenvalue weighted by Crippen LogP contribution is 2.24. The van der Waals surface area contributed by atoms with Gasteiger partial charge in [0.2, 0.25) is 0 Å². The minimum absolute atomic E-state index is 0.206. The molecule has 0 aromatic carbocycles. The van der Waals surface area contributed by atoms with Crippen LogP contribution in [0.4, 0.5) is 0 Å². The summed E-state index contributed by atoms with van der Waals surface area (Å²) in [6, 6.07) is 1.82. The molecule has 1 aromatic heterocycles. The van der Waals surface area contributed by atoms with Crippen LogP contribution in [0.2, 0.25) is 0 Å². The second-order valence-corrected chi connectivity index (χ2v) is 4.50. The van der Waals surface area contributed by atoms with E-state index < -0.39 is 6.10 Å². The van der Waals surface area contributed by atoms with Crippen molar-refractivity contribution in [1.82, 2.24) is 9.88 Å². The Kier molecular flexibility index (Phi) is 4.52. The van der Waals surface area contributed by atoms with Gasteiger partial charge in [-0.2, -0.15) is 0 Å². The average molecular weight is 252 g/mol. The summed E-state index contributed by atoms with van der Waals surface area (Å²) in [7, 11) is 2.02. The number of aliphatic hydroxyl groups excluding tert-OH is 1. The highest BCUT2D eigenvalue weighted by molar-refractivity contribution is 5.25. The van der Waals surface area contributed by atoms with Crippen LogP contribution < -0.4 is 4.74 Å². The Morgan fingerprint density at radius 1 is 1.61 bits per heavy atom. The maximum atomic E-state index is 10.3. The topological polar surface area (TPSA) is 54.8 Å². The van der Waals surface area contributed by atoms with E-state index in [0.29, 0.717) is 19.0 Å². The summed E-state index contributed by atoms with van der Waals surface area (Å²) in [4.78, 5) is 6.23. The average Bonchev–Trinajstić information content (AvgIpc) is 2.39. The lowest BCUT2D eigenvalue weighted by molar-refractivity contribution is -0.0846. The number of ether oxygens (including phenoxy) is 2. The number of likely N-dealkylation sites (N-methyl/N-ethyl adjacent to an activating group) is 1. The lowest BCUT2D eigenvalue weighted by Gasteiger charge is -2.33. The van der Waals surface area contributed by atoms with Crippen molar-refractivity contribution < 1.29 is 14.6 Å². The number of hydrogen-bond acceptors (Lipinski definition) is 5. The summed E-state index contributed by atoms with van der Waals surface area (Å²) in [5, 5.41) is 10.3. The first-order valence-electron chi connectivity index (χ1n) is 6.26. The van der Waals surface area contributed by atoms with E-state index in [2.05, 4.69) is 9.88 Å². The fraction of sp³-hybridized carbons (Fsp3) is 0.615. The van der Waals surface area contributed by atoms with Crippen molar-refractivity contribution in [3.05, 3.63) is 24.0 Å². The maximum absolute atomic E-state index is 10.3. The van der Waals surface area contributed by atoms with Gasteiger partial charge in [-0.05, 0) is 20.0 Å². The van der Waals surface area contributed by atoms with Gasteiger partial charge >= 0.3 is 0 Å². The number of rotatable bonds is 4. The zero-order valence-corrected chi connectivity index (χ0v) is 10.9. The Bertz CT molecular complexity index is 386. The van der Waals surface area contributed by atoms with E-state index in [1.54, 1.807) is 12.4 Å². The third-order valence-corrected chi connectivity index (χ3v) is 3.04. The minimum atomic E-state index is -0.666. The molecule has 0 amide bonds. The SMILES string of the molecule is CCOc1cncc(C(O)C2CN(C)CCO2)c1. The molecule has 2 atom stereocenters. The van der Waals surface area contributed by atoms with E-state index >= 15 is 0 Å². The number of pyridine rings is 1. The third-order valence-electron chi connectivity index (χ3n) is 3.04. The summed E-state index contributed by atoms with van der Waals surface area (Å²) >= 11 is 0. The van der Waals surface area contributed by atoms with Gasteiger partial charge in [0.1, 0.15) is 18.0 Å². The van der Waals surface area contributed by atoms with Crippen LogP contribution in [0.1, 0.15) is 18.6 Å². The van der Waals surface area contributed by atoms with E-state index in [1.807, 2.05) is 20.0 Å². The van der Waals surface area contributed by atoms with Crippen molar-refractivity contribution >= 4 is 0 Å². The molecule has 1 N–H and O–H groups in total. The van der Waals surface area contributed by atoms with Gasteiger partial charge in [-0.3, -0.25) is 4.98 Å². The quantitative estimate of drug-likeness (QED) is 0.860. The van der Waals surface area contributed by atoms with Gasteiger partial charge in [-0.15, -0.1) is 0 Å². The molecule has 2 unspecified atom stereocenters. The van der Waals surface area contributed by atoms with Crippen LogP contribution in [0.5, 0.6) is 5.75 Å². The zero-order valence-electron chi connectivity index (χ0n) is 10.9. The molecule has 1 aromatic rings. The lowest BCUT2D eigenvalue weighted by Crippen LogP contribution is -2.43. The van der Waals surface area contributed by atoms with Crippen LogP contribution in [-0.4, -0.2) is 54.4 Å². The Morgan fingerprint density at radius 2 is 2.44 bits per heavy atom. The number of hydrogen-bond donors (Lipinski definition) is 1. The normalized spacial score (nSPS) is 22.7. The lowest BCUT2D eigenvalue weighted by atomic mass is 10.0. The molecule has 1 aliphatic heterocycles. The van der Waals surface area contributed by atoms with Crippen molar-refractivity contribution in [2.24, 2.45) is 0 Å². The number of aliphatic hydroxyl groups is 1. The Labute approximate surface area is 107 Å². The van der Waals surface area contributed by atoms with Gasteiger partial charge in [0, 0.05) is 24.8 Å². The summed E-state index contributed by atoms with van der Waals surface area (Å²) in [5.41, 5.74) is 0.737. The predicted molar refractivity (Wildman–Crippen MR) is 67.6 cm³/mol. The Hall–Kier alpha value is -1.17. The van der Waals surface area contributed by atoms with Crippen LogP contribution in [0, 0.1) is 0 Å². The van der Waals surface area contributed by atoms with Crippen LogP contribution in [-0.2, 0) is 4.74 Å². The molecule has 5 nitrogen and oxygen atoms in total. The summed E-state index contributed by atoms with van der Waals surface area (Å²) in [6.45, 7) is 4.78. The fourth-order valence-corrected chi connectivity index (χ4v) is 2.06. The van der Waals surface area contributed by atoms with Gasteiger partial charge < -0.3 is 19.5 Å². The summed E-state index contributed by atoms with van der Waals surface area (Å²) in [6.07, 6.45) is 2.43. The van der Waals surface area contributed by atoms with Gasteiger partial charge in [-0.25, -0.2) is 0 Å². The minimum Gasteiger partial charge on any atom is -0.492 e. The van der Waals surface area contributed by atoms with Crippen molar-refractivity contribution in [3.63, 3.8) is 0 Å². The zero-order chi connectivity index (χ0) is 13.0. The molecule has 0 radical (unpaired) electrons. The molecule has 0 spiro atoms. The van der Waals surface area contributed by atoms with Crippen molar-refractivity contribution in [1.29, 1.82) is 0 Å². The summed E-state index contributed by atoms with van der Waals surface area (Å²) < 4.78 is 11.0. The summed E-state index contributed by atoms with van der Waals surface area (Å²) in [5.74, 6) is 0.679. The highest BCUT2D eigenvalue weighted by atomic mass is 16.5. The smallest absolute Gasteiger partial charge is 0.137 e. The van der Waals surface area contributed by atoms with Crippen molar-refractivity contribution in [2.75, 3.05) is 33.4 Å². The molecule has 18 heavy (non-hydrogen) atoms. The molecule has 1 fully saturated rings. The molecule has 1 saturated heterocycles. The molecule has 100 valence electrons. The maximum Gasteiger partial charge on any atom is 0.137 e. The second-order valence-electron chi connectivity index (χ2n) is 4.50. The van der Waals surface area contributed by atoms with E-state index in [-0.39, 0.29) is 6.10 Å². The van der Waals surface area contributed by atoms with E-state index in [1.165, 1.54) is 0 Å². The standard InChI is InChI=1S/C13H20N2O3/c1-3-17-11-6-10(7-14-8-11)13(16)12-9-15(2)4-5-18-12/h6-8,12-13,16H,3-5,9H2,1-2H3. The number of aromatic nitrogens is 1. The van der Waals surface area contributed by atoms with Gasteiger partial charge in [0.05, 0.1) is 19.4 Å².